The molecule has 4 nitrogen and oxygen atoms in total. The fraction of sp³-hybridized carbons (Fsp3) is 1.00. The highest BCUT2D eigenvalue weighted by atomic mass is 32.2. The van der Waals surface area contributed by atoms with E-state index in [4.69, 9.17) is 4.43 Å². The summed E-state index contributed by atoms with van der Waals surface area (Å²) in [7, 11) is -4.75. The summed E-state index contributed by atoms with van der Waals surface area (Å²) in [5.41, 5.74) is 0. The second kappa shape index (κ2) is 4.08. The summed E-state index contributed by atoms with van der Waals surface area (Å²) in [5.74, 6) is 0. The van der Waals surface area contributed by atoms with Gasteiger partial charge in [0.25, 0.3) is 0 Å². The predicted octanol–water partition coefficient (Wildman–Crippen LogP) is 1.65. The second-order valence-electron chi connectivity index (χ2n) is 6.06. The first kappa shape index (κ1) is 14.1. The van der Waals surface area contributed by atoms with Gasteiger partial charge in [-0.2, -0.15) is 4.31 Å². The van der Waals surface area contributed by atoms with Crippen LogP contribution in [0.3, 0.4) is 0 Å². The molecule has 0 aromatic carbocycles. The molecule has 0 amide bonds. The van der Waals surface area contributed by atoms with E-state index in [1.165, 1.54) is 10.6 Å². The highest BCUT2D eigenvalue weighted by molar-refractivity contribution is 7.88. The number of rotatable bonds is 4. The molecule has 0 aromatic heterocycles. The molecule has 0 saturated carbocycles. The van der Waals surface area contributed by atoms with Gasteiger partial charge >= 0.3 is 0 Å². The van der Waals surface area contributed by atoms with Gasteiger partial charge in [-0.25, -0.2) is 8.42 Å². The Morgan fingerprint density at radius 1 is 1.38 bits per heavy atom. The molecule has 1 saturated heterocycles. The van der Waals surface area contributed by atoms with Gasteiger partial charge in [-0.15, -0.1) is 0 Å². The van der Waals surface area contributed by atoms with Crippen molar-refractivity contribution in [3.8, 4) is 0 Å². The maximum absolute atomic E-state index is 11.2. The Kier molecular flexibility index (Phi) is 3.61. The minimum Gasteiger partial charge on any atom is -0.415 e. The minimum absolute atomic E-state index is 0.0733. The van der Waals surface area contributed by atoms with E-state index in [1.807, 2.05) is 0 Å². The molecule has 1 fully saturated rings. The van der Waals surface area contributed by atoms with Gasteiger partial charge in [-0.05, 0) is 18.1 Å². The molecular weight excluding hydrogens is 242 g/mol. The fourth-order valence-corrected chi connectivity index (χ4v) is 3.31. The molecule has 2 atom stereocenters. The molecule has 96 valence electrons. The van der Waals surface area contributed by atoms with Crippen LogP contribution in [0, 0.1) is 0 Å². The lowest BCUT2D eigenvalue weighted by molar-refractivity contribution is 0.281. The highest BCUT2D eigenvalue weighted by Crippen LogP contribution is 2.37. The summed E-state index contributed by atoms with van der Waals surface area (Å²) >= 11 is 0. The van der Waals surface area contributed by atoms with E-state index in [9.17, 15) is 8.42 Å². The molecular formula is C10H23NO3SSi. The smallest absolute Gasteiger partial charge is 0.211 e. The SMILES string of the molecule is CC(C)(C)[Si](C)(C)OC[C@H]1CN1S(C)(=O)=O. The maximum Gasteiger partial charge on any atom is 0.211 e. The van der Waals surface area contributed by atoms with E-state index < -0.39 is 18.3 Å². The van der Waals surface area contributed by atoms with Crippen LogP contribution in [0.15, 0.2) is 0 Å². The van der Waals surface area contributed by atoms with Crippen molar-refractivity contribution in [1.29, 1.82) is 0 Å². The van der Waals surface area contributed by atoms with E-state index >= 15 is 0 Å². The molecule has 6 heteroatoms. The van der Waals surface area contributed by atoms with Crippen molar-refractivity contribution in [2.45, 2.75) is 44.9 Å². The molecule has 0 aromatic rings. The lowest BCUT2D eigenvalue weighted by Crippen LogP contribution is -2.42. The van der Waals surface area contributed by atoms with Gasteiger partial charge in [0.2, 0.25) is 10.0 Å². The average molecular weight is 265 g/mol. The van der Waals surface area contributed by atoms with Crippen LogP contribution in [-0.4, -0.2) is 46.5 Å². The van der Waals surface area contributed by atoms with Crippen molar-refractivity contribution >= 4 is 18.3 Å². The summed E-state index contributed by atoms with van der Waals surface area (Å²) in [6.07, 6.45) is 1.25. The number of hydrogen-bond donors (Lipinski definition) is 0. The Morgan fingerprint density at radius 3 is 2.19 bits per heavy atom. The molecule has 0 N–H and O–H groups in total. The third-order valence-electron chi connectivity index (χ3n) is 3.53. The van der Waals surface area contributed by atoms with E-state index in [-0.39, 0.29) is 11.1 Å². The summed E-state index contributed by atoms with van der Waals surface area (Å²) in [6.45, 7) is 12.1. The Labute approximate surface area is 100 Å². The molecule has 16 heavy (non-hydrogen) atoms. The molecule has 1 unspecified atom stereocenters. The zero-order valence-corrected chi connectivity index (χ0v) is 12.9. The summed E-state index contributed by atoms with van der Waals surface area (Å²) in [5, 5.41) is 0.178. The predicted molar refractivity (Wildman–Crippen MR) is 68.5 cm³/mol. The lowest BCUT2D eigenvalue weighted by atomic mass is 10.2. The number of sulfonamides is 1. The van der Waals surface area contributed by atoms with Gasteiger partial charge in [-0.1, -0.05) is 20.8 Å². The number of nitrogens with zero attached hydrogens (tertiary/aromatic N) is 1. The van der Waals surface area contributed by atoms with Crippen molar-refractivity contribution in [1.82, 2.24) is 4.31 Å². The van der Waals surface area contributed by atoms with Crippen molar-refractivity contribution in [2.24, 2.45) is 0 Å². The van der Waals surface area contributed by atoms with Gasteiger partial charge in [0.15, 0.2) is 8.32 Å². The maximum atomic E-state index is 11.2. The lowest BCUT2D eigenvalue weighted by Gasteiger charge is -2.36. The van der Waals surface area contributed by atoms with Gasteiger partial charge in [-0.3, -0.25) is 0 Å². The highest BCUT2D eigenvalue weighted by Gasteiger charge is 2.44. The molecule has 0 aliphatic carbocycles. The van der Waals surface area contributed by atoms with Gasteiger partial charge in [0.05, 0.1) is 18.9 Å². The first-order valence-electron chi connectivity index (χ1n) is 5.56. The molecule has 0 spiro atoms. The first-order valence-corrected chi connectivity index (χ1v) is 10.3. The standard InChI is InChI=1S/C10H23NO3SSi/c1-10(2,3)16(5,6)14-8-9-7-11(9)15(4,12)13/h9H,7-8H2,1-6H3/t9-,11?/m1/s1. The zero-order valence-electron chi connectivity index (χ0n) is 11.1. The minimum atomic E-state index is -3.01. The second-order valence-corrected chi connectivity index (χ2v) is 12.8. The van der Waals surface area contributed by atoms with Crippen molar-refractivity contribution in [2.75, 3.05) is 19.4 Å². The van der Waals surface area contributed by atoms with Crippen LogP contribution in [0.4, 0.5) is 0 Å². The van der Waals surface area contributed by atoms with E-state index in [2.05, 4.69) is 33.9 Å². The van der Waals surface area contributed by atoms with Crippen LogP contribution in [-0.2, 0) is 14.4 Å². The topological polar surface area (TPSA) is 46.4 Å². The summed E-state index contributed by atoms with van der Waals surface area (Å²) in [4.78, 5) is 0. The zero-order chi connectivity index (χ0) is 12.8. The van der Waals surface area contributed by atoms with E-state index in [1.54, 1.807) is 0 Å². The van der Waals surface area contributed by atoms with Crippen LogP contribution >= 0.6 is 0 Å². The fourth-order valence-electron chi connectivity index (χ4n) is 1.22. The summed E-state index contributed by atoms with van der Waals surface area (Å²) < 4.78 is 29.9. The van der Waals surface area contributed by atoms with Gasteiger partial charge < -0.3 is 4.43 Å². The van der Waals surface area contributed by atoms with Crippen LogP contribution in [0.1, 0.15) is 20.8 Å². The Balaban J connectivity index is 2.44. The number of hydrogen-bond acceptors (Lipinski definition) is 3. The van der Waals surface area contributed by atoms with E-state index in [0.717, 1.165) is 0 Å². The van der Waals surface area contributed by atoms with Crippen molar-refractivity contribution < 1.29 is 12.8 Å². The third kappa shape index (κ3) is 3.29. The van der Waals surface area contributed by atoms with Crippen LogP contribution in [0.25, 0.3) is 0 Å². The Morgan fingerprint density at radius 2 is 1.88 bits per heavy atom. The third-order valence-corrected chi connectivity index (χ3v) is 9.33. The molecule has 1 rings (SSSR count). The first-order chi connectivity index (χ1) is 6.95. The van der Waals surface area contributed by atoms with E-state index in [0.29, 0.717) is 13.2 Å². The normalized spacial score (nSPS) is 26.9. The summed E-state index contributed by atoms with van der Waals surface area (Å²) in [6, 6.07) is 0.0733. The van der Waals surface area contributed by atoms with Crippen LogP contribution in [0.5, 0.6) is 0 Å². The van der Waals surface area contributed by atoms with Crippen LogP contribution in [0.2, 0.25) is 18.1 Å². The molecule has 1 aliphatic rings. The quantitative estimate of drug-likeness (QED) is 0.573. The average Bonchev–Trinajstić information content (AvgIpc) is 2.75. The molecule has 1 heterocycles. The Hall–Kier alpha value is 0.0869. The van der Waals surface area contributed by atoms with Gasteiger partial charge in [0, 0.05) is 6.54 Å². The largest absolute Gasteiger partial charge is 0.415 e. The molecule has 0 radical (unpaired) electrons. The Bertz CT molecular complexity index is 359. The monoisotopic (exact) mass is 265 g/mol. The van der Waals surface area contributed by atoms with Crippen molar-refractivity contribution in [3.63, 3.8) is 0 Å². The van der Waals surface area contributed by atoms with Crippen LogP contribution < -0.4 is 0 Å². The van der Waals surface area contributed by atoms with Gasteiger partial charge in [0.1, 0.15) is 0 Å². The van der Waals surface area contributed by atoms with Crippen molar-refractivity contribution in [3.05, 3.63) is 0 Å². The molecule has 1 aliphatic heterocycles. The molecule has 0 bridgehead atoms.